The van der Waals surface area contributed by atoms with Gasteiger partial charge in [-0.1, -0.05) is 30.3 Å². The van der Waals surface area contributed by atoms with E-state index in [1.807, 2.05) is 48.5 Å². The lowest BCUT2D eigenvalue weighted by atomic mass is 10.1. The summed E-state index contributed by atoms with van der Waals surface area (Å²) >= 11 is 0. The maximum Gasteiger partial charge on any atom is 0.227 e. The minimum atomic E-state index is -0.322. The minimum Gasteiger partial charge on any atom is -0.394 e. The lowest BCUT2D eigenvalue weighted by molar-refractivity contribution is 0.276. The summed E-state index contributed by atoms with van der Waals surface area (Å²) in [5, 5.41) is 24.6. The molecule has 3 aromatic heterocycles. The van der Waals surface area contributed by atoms with E-state index in [1.165, 1.54) is 12.8 Å². The minimum absolute atomic E-state index is 0.0828. The van der Waals surface area contributed by atoms with E-state index >= 15 is 0 Å². The van der Waals surface area contributed by atoms with Crippen molar-refractivity contribution in [2.45, 2.75) is 24.8 Å². The van der Waals surface area contributed by atoms with Crippen molar-refractivity contribution >= 4 is 28.6 Å². The van der Waals surface area contributed by atoms with E-state index in [-0.39, 0.29) is 12.6 Å². The van der Waals surface area contributed by atoms with E-state index in [2.05, 4.69) is 35.8 Å². The van der Waals surface area contributed by atoms with Gasteiger partial charge in [-0.2, -0.15) is 15.1 Å². The highest BCUT2D eigenvalue weighted by Crippen LogP contribution is 2.39. The van der Waals surface area contributed by atoms with Crippen LogP contribution in [0.15, 0.2) is 54.7 Å². The Morgan fingerprint density at radius 3 is 2.76 bits per heavy atom. The van der Waals surface area contributed by atoms with Gasteiger partial charge >= 0.3 is 0 Å². The number of rotatable bonds is 7. The standard InChI is InChI=1S/C21H21N7O/c29-12-17(13-5-2-1-3-6-13)23-21-25-19-15(7-4-10-22-19)20(26-21)24-18-11-16(27-28-18)14-8-9-14/h1-7,10-11,14,17,29H,8-9,12H2,(H3,22,23,24,25,26,27,28)/t17-/m0/s1. The topological polar surface area (TPSA) is 112 Å². The molecule has 0 aliphatic heterocycles. The van der Waals surface area contributed by atoms with Crippen LogP contribution in [0.1, 0.15) is 36.1 Å². The zero-order chi connectivity index (χ0) is 19.6. The van der Waals surface area contributed by atoms with E-state index in [0.717, 1.165) is 16.6 Å². The van der Waals surface area contributed by atoms with Crippen LogP contribution in [-0.2, 0) is 0 Å². The molecular formula is C21H21N7O. The summed E-state index contributed by atoms with van der Waals surface area (Å²) in [6.07, 6.45) is 4.11. The molecule has 5 rings (SSSR count). The number of H-pyrrole nitrogens is 1. The molecule has 0 spiro atoms. The zero-order valence-corrected chi connectivity index (χ0v) is 15.7. The molecule has 0 radical (unpaired) electrons. The number of fused-ring (bicyclic) bond motifs is 1. The van der Waals surface area contributed by atoms with Crippen molar-refractivity contribution in [3.05, 3.63) is 66.0 Å². The van der Waals surface area contributed by atoms with Crippen LogP contribution >= 0.6 is 0 Å². The third-order valence-corrected chi connectivity index (χ3v) is 5.02. The van der Waals surface area contributed by atoms with Crippen molar-refractivity contribution in [1.29, 1.82) is 0 Å². The molecule has 0 bridgehead atoms. The van der Waals surface area contributed by atoms with Crippen LogP contribution in [0.5, 0.6) is 0 Å². The zero-order valence-electron chi connectivity index (χ0n) is 15.7. The van der Waals surface area contributed by atoms with Gasteiger partial charge in [-0.25, -0.2) is 4.98 Å². The molecule has 1 aliphatic carbocycles. The first-order valence-electron chi connectivity index (χ1n) is 9.67. The first-order valence-corrected chi connectivity index (χ1v) is 9.67. The monoisotopic (exact) mass is 387 g/mol. The molecule has 4 N–H and O–H groups in total. The molecular weight excluding hydrogens is 366 g/mol. The molecule has 29 heavy (non-hydrogen) atoms. The number of aliphatic hydroxyl groups is 1. The number of benzene rings is 1. The van der Waals surface area contributed by atoms with Gasteiger partial charge in [0.15, 0.2) is 11.5 Å². The van der Waals surface area contributed by atoms with Gasteiger partial charge in [0.25, 0.3) is 0 Å². The number of aromatic amines is 1. The highest BCUT2D eigenvalue weighted by Gasteiger charge is 2.25. The molecule has 0 amide bonds. The Labute approximate surface area is 167 Å². The molecule has 0 saturated heterocycles. The smallest absolute Gasteiger partial charge is 0.227 e. The van der Waals surface area contributed by atoms with Gasteiger partial charge in [0, 0.05) is 23.9 Å². The Morgan fingerprint density at radius 1 is 1.10 bits per heavy atom. The Morgan fingerprint density at radius 2 is 1.97 bits per heavy atom. The van der Waals surface area contributed by atoms with E-state index in [1.54, 1.807) is 6.20 Å². The Hall–Kier alpha value is -3.52. The largest absolute Gasteiger partial charge is 0.394 e. The van der Waals surface area contributed by atoms with E-state index < -0.39 is 0 Å². The number of anilines is 3. The molecule has 8 nitrogen and oxygen atoms in total. The fourth-order valence-corrected chi connectivity index (χ4v) is 3.32. The number of nitrogens with one attached hydrogen (secondary N) is 3. The molecule has 1 aromatic carbocycles. The highest BCUT2D eigenvalue weighted by atomic mass is 16.3. The van der Waals surface area contributed by atoms with Crippen LogP contribution in [0, 0.1) is 0 Å². The summed E-state index contributed by atoms with van der Waals surface area (Å²) in [4.78, 5) is 13.5. The van der Waals surface area contributed by atoms with Crippen LogP contribution in [0.2, 0.25) is 0 Å². The molecule has 1 aliphatic rings. The van der Waals surface area contributed by atoms with E-state index in [4.69, 9.17) is 0 Å². The third kappa shape index (κ3) is 3.74. The SMILES string of the molecule is OC[C@H](Nc1nc(Nc2cc(C3CC3)[nH]n2)c2cccnc2n1)c1ccccc1. The first-order chi connectivity index (χ1) is 14.3. The van der Waals surface area contributed by atoms with Crippen molar-refractivity contribution in [2.24, 2.45) is 0 Å². The molecule has 1 fully saturated rings. The molecule has 0 unspecified atom stereocenters. The summed E-state index contributed by atoms with van der Waals surface area (Å²) in [6, 6.07) is 15.2. The Bertz CT molecular complexity index is 1120. The average molecular weight is 387 g/mol. The molecule has 8 heteroatoms. The predicted molar refractivity (Wildman–Crippen MR) is 111 cm³/mol. The summed E-state index contributed by atoms with van der Waals surface area (Å²) in [7, 11) is 0. The molecule has 146 valence electrons. The van der Waals surface area contributed by atoms with Crippen LogP contribution in [0.3, 0.4) is 0 Å². The Balaban J connectivity index is 1.47. The number of aromatic nitrogens is 5. The summed E-state index contributed by atoms with van der Waals surface area (Å²) in [5.41, 5.74) is 2.66. The first kappa shape index (κ1) is 17.6. The number of hydrogen-bond donors (Lipinski definition) is 4. The van der Waals surface area contributed by atoms with Gasteiger partial charge in [0.2, 0.25) is 5.95 Å². The van der Waals surface area contributed by atoms with E-state index in [0.29, 0.717) is 29.1 Å². The maximum absolute atomic E-state index is 9.86. The lowest BCUT2D eigenvalue weighted by Crippen LogP contribution is -2.17. The van der Waals surface area contributed by atoms with Gasteiger partial charge in [0.1, 0.15) is 5.82 Å². The quantitative estimate of drug-likeness (QED) is 0.384. The van der Waals surface area contributed by atoms with Gasteiger partial charge in [-0.05, 0) is 30.5 Å². The van der Waals surface area contributed by atoms with E-state index in [9.17, 15) is 5.11 Å². The van der Waals surface area contributed by atoms with Crippen LogP contribution in [0.4, 0.5) is 17.6 Å². The van der Waals surface area contributed by atoms with Crippen molar-refractivity contribution in [3.63, 3.8) is 0 Å². The second-order valence-corrected chi connectivity index (χ2v) is 7.17. The summed E-state index contributed by atoms with van der Waals surface area (Å²) < 4.78 is 0. The number of hydrogen-bond acceptors (Lipinski definition) is 7. The summed E-state index contributed by atoms with van der Waals surface area (Å²) in [6.45, 7) is -0.0828. The lowest BCUT2D eigenvalue weighted by Gasteiger charge is -2.17. The Kier molecular flexibility index (Phi) is 4.53. The number of aliphatic hydroxyl groups excluding tert-OH is 1. The average Bonchev–Trinajstić information content (AvgIpc) is 3.51. The van der Waals surface area contributed by atoms with Gasteiger partial charge < -0.3 is 15.7 Å². The summed E-state index contributed by atoms with van der Waals surface area (Å²) in [5.74, 6) is 2.31. The van der Waals surface area contributed by atoms with Crippen LogP contribution in [-0.4, -0.2) is 36.9 Å². The second-order valence-electron chi connectivity index (χ2n) is 7.17. The fourth-order valence-electron chi connectivity index (χ4n) is 3.32. The van der Waals surface area contributed by atoms with Crippen molar-refractivity contribution in [2.75, 3.05) is 17.2 Å². The van der Waals surface area contributed by atoms with Crippen LogP contribution in [0.25, 0.3) is 11.0 Å². The predicted octanol–water partition coefficient (Wildman–Crippen LogP) is 3.51. The normalized spacial score (nSPS) is 14.7. The van der Waals surface area contributed by atoms with Crippen molar-refractivity contribution in [3.8, 4) is 0 Å². The van der Waals surface area contributed by atoms with Gasteiger partial charge in [-0.15, -0.1) is 0 Å². The molecule has 4 aromatic rings. The highest BCUT2D eigenvalue weighted by molar-refractivity contribution is 5.89. The number of pyridine rings is 1. The van der Waals surface area contributed by atoms with Crippen LogP contribution < -0.4 is 10.6 Å². The van der Waals surface area contributed by atoms with Gasteiger partial charge in [0.05, 0.1) is 18.0 Å². The van der Waals surface area contributed by atoms with Crippen molar-refractivity contribution < 1.29 is 5.11 Å². The second kappa shape index (κ2) is 7.48. The van der Waals surface area contributed by atoms with Gasteiger partial charge in [-0.3, -0.25) is 5.10 Å². The third-order valence-electron chi connectivity index (χ3n) is 5.02. The fraction of sp³-hybridized carbons (Fsp3) is 0.238. The molecule has 3 heterocycles. The number of nitrogens with zero attached hydrogens (tertiary/aromatic N) is 4. The molecule has 1 saturated carbocycles. The molecule has 1 atom stereocenters. The maximum atomic E-state index is 9.86. The van der Waals surface area contributed by atoms with Crippen molar-refractivity contribution in [1.82, 2.24) is 25.1 Å².